The second-order valence-electron chi connectivity index (χ2n) is 4.32. The Labute approximate surface area is 104 Å². The molecule has 3 rings (SSSR count). The number of hydrogen-bond acceptors (Lipinski definition) is 5. The maximum absolute atomic E-state index is 5.74. The monoisotopic (exact) mass is 246 g/mol. The molecule has 0 aliphatic carbocycles. The minimum Gasteiger partial charge on any atom is -0.454 e. The Morgan fingerprint density at radius 3 is 3.00 bits per heavy atom. The number of nitrogens with zero attached hydrogens (tertiary/aromatic N) is 3. The first-order valence-corrected chi connectivity index (χ1v) is 5.76. The summed E-state index contributed by atoms with van der Waals surface area (Å²) >= 11 is 0. The Morgan fingerprint density at radius 1 is 1.39 bits per heavy atom. The Bertz CT molecular complexity index is 565. The van der Waals surface area contributed by atoms with Gasteiger partial charge in [-0.2, -0.15) is 0 Å². The van der Waals surface area contributed by atoms with Crippen molar-refractivity contribution in [3.63, 3.8) is 0 Å². The first-order chi connectivity index (χ1) is 8.72. The van der Waals surface area contributed by atoms with E-state index < -0.39 is 0 Å². The molecule has 1 aliphatic rings. The van der Waals surface area contributed by atoms with Crippen LogP contribution in [0.5, 0.6) is 11.5 Å². The zero-order valence-corrected chi connectivity index (χ0v) is 10.0. The van der Waals surface area contributed by atoms with Crippen LogP contribution in [-0.2, 0) is 6.54 Å². The van der Waals surface area contributed by atoms with Crippen LogP contribution < -0.4 is 15.2 Å². The van der Waals surface area contributed by atoms with E-state index in [4.69, 9.17) is 15.2 Å². The summed E-state index contributed by atoms with van der Waals surface area (Å²) < 4.78 is 12.4. The molecule has 0 amide bonds. The van der Waals surface area contributed by atoms with Gasteiger partial charge >= 0.3 is 0 Å². The molecule has 2 aromatic rings. The second kappa shape index (κ2) is 4.30. The lowest BCUT2D eigenvalue weighted by Crippen LogP contribution is -2.05. The Hall–Kier alpha value is -2.08. The molecule has 6 heteroatoms. The summed E-state index contributed by atoms with van der Waals surface area (Å²) in [5, 5.41) is 8.06. The van der Waals surface area contributed by atoms with E-state index in [0.29, 0.717) is 6.54 Å². The molecule has 0 saturated heterocycles. The van der Waals surface area contributed by atoms with Crippen molar-refractivity contribution in [3.05, 3.63) is 35.7 Å². The number of nitrogens with two attached hydrogens (primary N) is 1. The average molecular weight is 246 g/mol. The molecule has 0 bridgehead atoms. The fourth-order valence-corrected chi connectivity index (χ4v) is 1.83. The van der Waals surface area contributed by atoms with Crippen LogP contribution in [0.15, 0.2) is 24.4 Å². The molecule has 6 nitrogen and oxygen atoms in total. The van der Waals surface area contributed by atoms with E-state index in [1.165, 1.54) is 0 Å². The summed E-state index contributed by atoms with van der Waals surface area (Å²) in [6, 6.07) is 5.74. The summed E-state index contributed by atoms with van der Waals surface area (Å²) in [5.74, 6) is 1.56. The Morgan fingerprint density at radius 2 is 2.22 bits per heavy atom. The Kier molecular flexibility index (Phi) is 2.64. The predicted molar refractivity (Wildman–Crippen MR) is 64.3 cm³/mol. The van der Waals surface area contributed by atoms with Gasteiger partial charge in [-0.15, -0.1) is 5.10 Å². The molecule has 94 valence electrons. The third-order valence-corrected chi connectivity index (χ3v) is 2.80. The van der Waals surface area contributed by atoms with Crippen LogP contribution >= 0.6 is 0 Å². The molecule has 2 heterocycles. The van der Waals surface area contributed by atoms with Crippen LogP contribution in [0, 0.1) is 0 Å². The number of fused-ring (bicyclic) bond motifs is 1. The molecule has 0 fully saturated rings. The predicted octanol–water partition coefficient (Wildman–Crippen LogP) is 1.07. The molecular weight excluding hydrogens is 232 g/mol. The van der Waals surface area contributed by atoms with Gasteiger partial charge in [0.1, 0.15) is 0 Å². The van der Waals surface area contributed by atoms with E-state index >= 15 is 0 Å². The SMILES string of the molecule is CC(N)c1cn(Cc2ccc3c(c2)OCO3)nn1. The van der Waals surface area contributed by atoms with Gasteiger partial charge in [0.15, 0.2) is 11.5 Å². The molecule has 0 saturated carbocycles. The van der Waals surface area contributed by atoms with Crippen LogP contribution in [0.2, 0.25) is 0 Å². The molecule has 18 heavy (non-hydrogen) atoms. The Balaban J connectivity index is 1.79. The molecule has 1 atom stereocenters. The van der Waals surface area contributed by atoms with Gasteiger partial charge < -0.3 is 15.2 Å². The third kappa shape index (κ3) is 2.02. The number of ether oxygens (including phenoxy) is 2. The van der Waals surface area contributed by atoms with Crippen molar-refractivity contribution in [1.29, 1.82) is 0 Å². The standard InChI is InChI=1S/C12H14N4O2/c1-8(13)10-6-16(15-14-10)5-9-2-3-11-12(4-9)18-7-17-11/h2-4,6,8H,5,7,13H2,1H3. The quantitative estimate of drug-likeness (QED) is 0.876. The fourth-order valence-electron chi connectivity index (χ4n) is 1.83. The van der Waals surface area contributed by atoms with E-state index in [9.17, 15) is 0 Å². The number of benzene rings is 1. The molecule has 0 radical (unpaired) electrons. The maximum Gasteiger partial charge on any atom is 0.231 e. The molecular formula is C12H14N4O2. The van der Waals surface area contributed by atoms with Crippen LogP contribution in [0.25, 0.3) is 0 Å². The highest BCUT2D eigenvalue weighted by Gasteiger charge is 2.13. The lowest BCUT2D eigenvalue weighted by atomic mass is 10.2. The zero-order valence-electron chi connectivity index (χ0n) is 10.0. The molecule has 1 aromatic carbocycles. The zero-order chi connectivity index (χ0) is 12.5. The van der Waals surface area contributed by atoms with E-state index in [-0.39, 0.29) is 12.8 Å². The van der Waals surface area contributed by atoms with Gasteiger partial charge in [0.25, 0.3) is 0 Å². The molecule has 1 unspecified atom stereocenters. The van der Waals surface area contributed by atoms with Crippen molar-refractivity contribution in [2.24, 2.45) is 5.73 Å². The molecule has 1 aromatic heterocycles. The minimum absolute atomic E-state index is 0.101. The van der Waals surface area contributed by atoms with Gasteiger partial charge in [0, 0.05) is 6.04 Å². The summed E-state index contributed by atoms with van der Waals surface area (Å²) in [6.45, 7) is 2.81. The minimum atomic E-state index is -0.101. The van der Waals surface area contributed by atoms with Crippen molar-refractivity contribution in [1.82, 2.24) is 15.0 Å². The van der Waals surface area contributed by atoms with Crippen molar-refractivity contribution in [2.45, 2.75) is 19.5 Å². The van der Waals surface area contributed by atoms with Crippen molar-refractivity contribution >= 4 is 0 Å². The molecule has 1 aliphatic heterocycles. The summed E-state index contributed by atoms with van der Waals surface area (Å²) in [5.41, 5.74) is 7.61. The van der Waals surface area contributed by atoms with Crippen LogP contribution in [0.1, 0.15) is 24.2 Å². The van der Waals surface area contributed by atoms with Gasteiger partial charge in [-0.05, 0) is 24.6 Å². The third-order valence-electron chi connectivity index (χ3n) is 2.80. The highest BCUT2D eigenvalue weighted by molar-refractivity contribution is 5.44. The second-order valence-corrected chi connectivity index (χ2v) is 4.32. The van der Waals surface area contributed by atoms with Gasteiger partial charge in [-0.1, -0.05) is 11.3 Å². The largest absolute Gasteiger partial charge is 0.454 e. The normalized spacial score (nSPS) is 14.8. The van der Waals surface area contributed by atoms with E-state index in [1.54, 1.807) is 4.68 Å². The van der Waals surface area contributed by atoms with Crippen LogP contribution in [-0.4, -0.2) is 21.8 Å². The lowest BCUT2D eigenvalue weighted by Gasteiger charge is -2.02. The summed E-state index contributed by atoms with van der Waals surface area (Å²) in [4.78, 5) is 0. The van der Waals surface area contributed by atoms with Gasteiger partial charge in [-0.25, -0.2) is 4.68 Å². The number of rotatable bonds is 3. The highest BCUT2D eigenvalue weighted by atomic mass is 16.7. The average Bonchev–Trinajstić information content (AvgIpc) is 2.96. The van der Waals surface area contributed by atoms with Gasteiger partial charge in [0.05, 0.1) is 18.4 Å². The van der Waals surface area contributed by atoms with Crippen LogP contribution in [0.3, 0.4) is 0 Å². The smallest absolute Gasteiger partial charge is 0.231 e. The highest BCUT2D eigenvalue weighted by Crippen LogP contribution is 2.32. The maximum atomic E-state index is 5.74. The van der Waals surface area contributed by atoms with Crippen molar-refractivity contribution in [3.8, 4) is 11.5 Å². The van der Waals surface area contributed by atoms with Gasteiger partial charge in [0.2, 0.25) is 6.79 Å². The lowest BCUT2D eigenvalue weighted by molar-refractivity contribution is 0.174. The van der Waals surface area contributed by atoms with E-state index in [0.717, 1.165) is 22.8 Å². The number of aromatic nitrogens is 3. The fraction of sp³-hybridized carbons (Fsp3) is 0.333. The molecule has 2 N–H and O–H groups in total. The summed E-state index contributed by atoms with van der Waals surface area (Å²) in [6.07, 6.45) is 1.86. The molecule has 0 spiro atoms. The van der Waals surface area contributed by atoms with Crippen LogP contribution in [0.4, 0.5) is 0 Å². The summed E-state index contributed by atoms with van der Waals surface area (Å²) in [7, 11) is 0. The number of hydrogen-bond donors (Lipinski definition) is 1. The first kappa shape index (κ1) is 11.0. The first-order valence-electron chi connectivity index (χ1n) is 5.76. The van der Waals surface area contributed by atoms with Crippen molar-refractivity contribution < 1.29 is 9.47 Å². The van der Waals surface area contributed by atoms with E-state index in [2.05, 4.69) is 10.3 Å². The topological polar surface area (TPSA) is 75.2 Å². The van der Waals surface area contributed by atoms with Gasteiger partial charge in [-0.3, -0.25) is 0 Å². The van der Waals surface area contributed by atoms with Crippen molar-refractivity contribution in [2.75, 3.05) is 6.79 Å². The van der Waals surface area contributed by atoms with E-state index in [1.807, 2.05) is 31.3 Å².